The summed E-state index contributed by atoms with van der Waals surface area (Å²) in [6.07, 6.45) is 3.45. The lowest BCUT2D eigenvalue weighted by Gasteiger charge is -2.41. The van der Waals surface area contributed by atoms with Gasteiger partial charge in [-0.3, -0.25) is 28.9 Å². The van der Waals surface area contributed by atoms with Crippen LogP contribution in [-0.4, -0.2) is 94.4 Å². The number of likely N-dealkylation sites (tertiary alicyclic amines) is 1. The number of nitrogens with one attached hydrogen (secondary N) is 2. The number of hydrogen-bond acceptors (Lipinski definition) is 9. The standard InChI is InChI=1S/C39H59N5O7S/c1-10-39(6,7)33(42-35(47)30-18-14-15-19-43(30)8)37(48)44(9)31(24(2)3)22-32(51-26(5)45)36-41-29(23-52-36)34(46)40-28(20-25(4)38(49)50)21-27-16-12-11-13-17-27/h11-13,16-17,23-25,28,30-33H,10,14-15,18-22H2,1-9H3,(H,40,46)(H,42,47)(H,49,50)/t25-,28+,30+,31+,32+,33+/m0/s1. The third-order valence-electron chi connectivity index (χ3n) is 10.4. The van der Waals surface area contributed by atoms with Crippen molar-refractivity contribution in [3.05, 3.63) is 52.0 Å². The third kappa shape index (κ3) is 11.8. The van der Waals surface area contributed by atoms with Crippen LogP contribution in [0.4, 0.5) is 0 Å². The van der Waals surface area contributed by atoms with Crippen LogP contribution < -0.4 is 10.6 Å². The van der Waals surface area contributed by atoms with Gasteiger partial charge in [-0.1, -0.05) is 78.3 Å². The fourth-order valence-electron chi connectivity index (χ4n) is 6.72. The first-order valence-corrected chi connectivity index (χ1v) is 19.3. The number of rotatable bonds is 18. The molecular weight excluding hydrogens is 683 g/mol. The van der Waals surface area contributed by atoms with Gasteiger partial charge in [-0.2, -0.15) is 0 Å². The molecule has 3 amide bonds. The summed E-state index contributed by atoms with van der Waals surface area (Å²) in [6, 6.07) is 7.60. The number of carbonyl (C=O) groups excluding carboxylic acids is 4. The minimum atomic E-state index is -0.945. The second-order valence-corrected chi connectivity index (χ2v) is 16.2. The first-order valence-electron chi connectivity index (χ1n) is 18.4. The Morgan fingerprint density at radius 2 is 1.75 bits per heavy atom. The first-order chi connectivity index (χ1) is 24.4. The zero-order valence-corrected chi connectivity index (χ0v) is 33.1. The Morgan fingerprint density at radius 3 is 2.33 bits per heavy atom. The molecule has 1 aliphatic rings. The molecule has 1 fully saturated rings. The van der Waals surface area contributed by atoms with Crippen molar-refractivity contribution >= 4 is 41.0 Å². The fourth-order valence-corrected chi connectivity index (χ4v) is 7.56. The van der Waals surface area contributed by atoms with Gasteiger partial charge >= 0.3 is 11.9 Å². The Bertz CT molecular complexity index is 1510. The van der Waals surface area contributed by atoms with Crippen LogP contribution in [0.2, 0.25) is 0 Å². The van der Waals surface area contributed by atoms with Crippen LogP contribution in [0.15, 0.2) is 35.7 Å². The molecule has 1 aromatic heterocycles. The number of nitrogens with zero attached hydrogens (tertiary/aromatic N) is 3. The van der Waals surface area contributed by atoms with Crippen molar-refractivity contribution in [1.82, 2.24) is 25.4 Å². The average molecular weight is 742 g/mol. The van der Waals surface area contributed by atoms with Crippen molar-refractivity contribution < 1.29 is 33.8 Å². The number of amides is 3. The van der Waals surface area contributed by atoms with Crippen molar-refractivity contribution in [2.24, 2.45) is 17.3 Å². The zero-order valence-electron chi connectivity index (χ0n) is 32.3. The normalized spacial score (nSPS) is 18.1. The molecule has 0 radical (unpaired) electrons. The monoisotopic (exact) mass is 741 g/mol. The second kappa shape index (κ2) is 19.3. The molecule has 0 saturated carbocycles. The van der Waals surface area contributed by atoms with Crippen LogP contribution in [0.5, 0.6) is 0 Å². The van der Waals surface area contributed by atoms with Crippen molar-refractivity contribution in [1.29, 1.82) is 0 Å². The summed E-state index contributed by atoms with van der Waals surface area (Å²) in [5, 5.41) is 17.6. The number of benzene rings is 1. The first kappa shape index (κ1) is 42.6. The predicted octanol–water partition coefficient (Wildman–Crippen LogP) is 5.48. The van der Waals surface area contributed by atoms with Crippen LogP contribution in [0.3, 0.4) is 0 Å². The van der Waals surface area contributed by atoms with Crippen LogP contribution in [0, 0.1) is 17.3 Å². The van der Waals surface area contributed by atoms with Crippen LogP contribution in [0.25, 0.3) is 0 Å². The largest absolute Gasteiger partial charge is 0.481 e. The number of piperidine rings is 1. The van der Waals surface area contributed by atoms with Gasteiger partial charge in [0.1, 0.15) is 16.7 Å². The smallest absolute Gasteiger partial charge is 0.306 e. The molecule has 0 aliphatic carbocycles. The summed E-state index contributed by atoms with van der Waals surface area (Å²) >= 11 is 1.18. The highest BCUT2D eigenvalue weighted by molar-refractivity contribution is 7.09. The number of carboxylic acids is 1. The summed E-state index contributed by atoms with van der Waals surface area (Å²) < 4.78 is 5.78. The summed E-state index contributed by atoms with van der Waals surface area (Å²) in [7, 11) is 3.67. The van der Waals surface area contributed by atoms with Crippen molar-refractivity contribution in [3.63, 3.8) is 0 Å². The second-order valence-electron chi connectivity index (χ2n) is 15.3. The SMILES string of the molecule is CCC(C)(C)[C@H](NC(=O)[C@H]1CCCCN1C)C(=O)N(C)[C@H](C[C@@H](OC(C)=O)c1nc(C(=O)N[C@@H](Cc2ccccc2)C[C@H](C)C(=O)O)cs1)C(C)C. The van der Waals surface area contributed by atoms with E-state index in [1.807, 2.05) is 76.9 Å². The number of likely N-dealkylation sites (N-methyl/N-ethyl adjacent to an activating group) is 2. The maximum atomic E-state index is 14.4. The lowest BCUT2D eigenvalue weighted by Crippen LogP contribution is -2.60. The Hall–Kier alpha value is -3.84. The number of aliphatic carboxylic acids is 1. The van der Waals surface area contributed by atoms with Crippen LogP contribution in [0.1, 0.15) is 114 Å². The number of thiazole rings is 1. The minimum Gasteiger partial charge on any atom is -0.481 e. The highest BCUT2D eigenvalue weighted by Crippen LogP contribution is 2.33. The highest BCUT2D eigenvalue weighted by atomic mass is 32.1. The molecule has 6 atom stereocenters. The van der Waals surface area contributed by atoms with E-state index in [0.29, 0.717) is 17.8 Å². The van der Waals surface area contributed by atoms with Crippen molar-refractivity contribution in [2.45, 2.75) is 124 Å². The Balaban J connectivity index is 1.84. The van der Waals surface area contributed by atoms with Gasteiger partial charge in [0.2, 0.25) is 11.8 Å². The molecule has 3 N–H and O–H groups in total. The zero-order chi connectivity index (χ0) is 38.7. The van der Waals surface area contributed by atoms with E-state index in [0.717, 1.165) is 31.4 Å². The van der Waals surface area contributed by atoms with Gasteiger partial charge in [-0.05, 0) is 62.6 Å². The number of esters is 1. The molecule has 1 aliphatic heterocycles. The van der Waals surface area contributed by atoms with Crippen molar-refractivity contribution in [3.8, 4) is 0 Å². The molecule has 2 heterocycles. The molecule has 288 valence electrons. The maximum absolute atomic E-state index is 14.4. The highest BCUT2D eigenvalue weighted by Gasteiger charge is 2.41. The van der Waals surface area contributed by atoms with Gasteiger partial charge < -0.3 is 25.4 Å². The predicted molar refractivity (Wildman–Crippen MR) is 202 cm³/mol. The Kier molecular flexibility index (Phi) is 15.8. The van der Waals surface area contributed by atoms with E-state index in [1.54, 1.807) is 24.3 Å². The number of hydrogen-bond donors (Lipinski definition) is 3. The number of ether oxygens (including phenoxy) is 1. The van der Waals surface area contributed by atoms with Crippen molar-refractivity contribution in [2.75, 3.05) is 20.6 Å². The molecule has 3 rings (SSSR count). The van der Waals surface area contributed by atoms with Crippen LogP contribution >= 0.6 is 11.3 Å². The van der Waals surface area contributed by atoms with E-state index in [1.165, 1.54) is 18.3 Å². The van der Waals surface area contributed by atoms with Gasteiger partial charge in [-0.25, -0.2) is 4.98 Å². The number of carboxylic acid groups (broad SMARTS) is 1. The molecule has 52 heavy (non-hydrogen) atoms. The molecule has 0 unspecified atom stereocenters. The van der Waals surface area contributed by atoms with Crippen LogP contribution in [-0.2, 0) is 30.3 Å². The topological polar surface area (TPSA) is 158 Å². The molecule has 1 aromatic carbocycles. The molecular formula is C39H59N5O7S. The van der Waals surface area contributed by atoms with E-state index >= 15 is 0 Å². The summed E-state index contributed by atoms with van der Waals surface area (Å²) in [5.41, 5.74) is 0.551. The molecule has 1 saturated heterocycles. The molecule has 2 aromatic rings. The van der Waals surface area contributed by atoms with Gasteiger partial charge in [0.05, 0.1) is 12.0 Å². The van der Waals surface area contributed by atoms with E-state index in [2.05, 4.69) is 15.6 Å². The molecule has 13 heteroatoms. The van der Waals surface area contributed by atoms with Gasteiger partial charge in [-0.15, -0.1) is 11.3 Å². The van der Waals surface area contributed by atoms with E-state index < -0.39 is 53.4 Å². The minimum absolute atomic E-state index is 0.0599. The lowest BCUT2D eigenvalue weighted by atomic mass is 9.80. The quantitative estimate of drug-likeness (QED) is 0.168. The third-order valence-corrected chi connectivity index (χ3v) is 11.4. The average Bonchev–Trinajstić information content (AvgIpc) is 3.59. The Morgan fingerprint density at radius 1 is 1.08 bits per heavy atom. The number of carbonyl (C=O) groups is 5. The lowest BCUT2D eigenvalue weighted by molar-refractivity contribution is -0.149. The van der Waals surface area contributed by atoms with E-state index in [4.69, 9.17) is 4.74 Å². The van der Waals surface area contributed by atoms with Gasteiger partial charge in [0, 0.05) is 37.9 Å². The molecule has 0 bridgehead atoms. The Labute approximate surface area is 313 Å². The molecule has 12 nitrogen and oxygen atoms in total. The summed E-state index contributed by atoms with van der Waals surface area (Å²) in [4.78, 5) is 73.7. The summed E-state index contributed by atoms with van der Waals surface area (Å²) in [5.74, 6) is -3.04. The van der Waals surface area contributed by atoms with Gasteiger partial charge in [0.25, 0.3) is 5.91 Å². The maximum Gasteiger partial charge on any atom is 0.306 e. The fraction of sp³-hybridized carbons (Fsp3) is 0.641. The number of aromatic nitrogens is 1. The summed E-state index contributed by atoms with van der Waals surface area (Å²) in [6.45, 7) is 13.7. The van der Waals surface area contributed by atoms with E-state index in [9.17, 15) is 29.1 Å². The van der Waals surface area contributed by atoms with Gasteiger partial charge in [0.15, 0.2) is 6.10 Å². The van der Waals surface area contributed by atoms with E-state index in [-0.39, 0.29) is 42.3 Å². The molecule has 0 spiro atoms.